The molecule has 1 aliphatic rings. The number of carbonyl (C=O) groups is 1. The molecule has 1 rings (SSSR count). The van der Waals surface area contributed by atoms with Crippen LogP contribution in [0, 0.1) is 5.92 Å². The second kappa shape index (κ2) is 6.60. The average molecular weight is 270 g/mol. The summed E-state index contributed by atoms with van der Waals surface area (Å²) < 4.78 is 5.34. The Morgan fingerprint density at radius 2 is 1.84 bits per heavy atom. The average Bonchev–Trinajstić information content (AvgIpc) is 2.21. The van der Waals surface area contributed by atoms with Gasteiger partial charge in [0.25, 0.3) is 0 Å². The van der Waals surface area contributed by atoms with Gasteiger partial charge in [0.05, 0.1) is 0 Å². The van der Waals surface area contributed by atoms with Gasteiger partial charge in [0.2, 0.25) is 0 Å². The van der Waals surface area contributed by atoms with E-state index in [-0.39, 0.29) is 6.09 Å². The van der Waals surface area contributed by atoms with Gasteiger partial charge in [-0.3, -0.25) is 0 Å². The van der Waals surface area contributed by atoms with E-state index in [1.807, 2.05) is 20.8 Å². The number of rotatable bonds is 5. The van der Waals surface area contributed by atoms with E-state index in [4.69, 9.17) is 4.74 Å². The normalized spacial score (nSPS) is 18.4. The molecule has 1 aliphatic heterocycles. The predicted molar refractivity (Wildman–Crippen MR) is 78.3 cm³/mol. The summed E-state index contributed by atoms with van der Waals surface area (Å²) in [6, 6.07) is 0.934. The molecule has 1 unspecified atom stereocenters. The maximum absolute atomic E-state index is 11.8. The predicted octanol–water partition coefficient (Wildman–Crippen LogP) is 3.02. The van der Waals surface area contributed by atoms with Crippen molar-refractivity contribution in [2.45, 2.75) is 72.1 Å². The second-order valence-corrected chi connectivity index (χ2v) is 6.61. The SMILES string of the molecule is CCC(CC)C(C)NC1CN(C(=O)OC(C)(C)C)C1. The van der Waals surface area contributed by atoms with Crippen LogP contribution in [0.25, 0.3) is 0 Å². The Morgan fingerprint density at radius 3 is 2.26 bits per heavy atom. The Kier molecular flexibility index (Phi) is 5.65. The van der Waals surface area contributed by atoms with Gasteiger partial charge in [-0.2, -0.15) is 0 Å². The summed E-state index contributed by atoms with van der Waals surface area (Å²) in [6.45, 7) is 13.9. The zero-order valence-electron chi connectivity index (χ0n) is 13.3. The number of hydrogen-bond acceptors (Lipinski definition) is 3. The Balaban J connectivity index is 2.28. The van der Waals surface area contributed by atoms with Crippen LogP contribution in [0.1, 0.15) is 54.4 Å². The van der Waals surface area contributed by atoms with Crippen molar-refractivity contribution < 1.29 is 9.53 Å². The smallest absolute Gasteiger partial charge is 0.410 e. The van der Waals surface area contributed by atoms with E-state index >= 15 is 0 Å². The topological polar surface area (TPSA) is 41.6 Å². The minimum atomic E-state index is -0.404. The molecule has 0 aromatic carbocycles. The second-order valence-electron chi connectivity index (χ2n) is 6.61. The van der Waals surface area contributed by atoms with Crippen LogP contribution >= 0.6 is 0 Å². The number of carbonyl (C=O) groups excluding carboxylic acids is 1. The van der Waals surface area contributed by atoms with Gasteiger partial charge in [-0.1, -0.05) is 26.7 Å². The molecule has 0 aromatic heterocycles. The van der Waals surface area contributed by atoms with Gasteiger partial charge >= 0.3 is 6.09 Å². The molecule has 19 heavy (non-hydrogen) atoms. The standard InChI is InChI=1S/C15H30N2O2/c1-7-12(8-2)11(3)16-13-9-17(10-13)14(18)19-15(4,5)6/h11-13,16H,7-10H2,1-6H3. The van der Waals surface area contributed by atoms with Gasteiger partial charge in [-0.25, -0.2) is 4.79 Å². The lowest BCUT2D eigenvalue weighted by Crippen LogP contribution is -2.62. The fourth-order valence-corrected chi connectivity index (χ4v) is 2.56. The van der Waals surface area contributed by atoms with Gasteiger partial charge in [-0.15, -0.1) is 0 Å². The van der Waals surface area contributed by atoms with E-state index in [9.17, 15) is 4.79 Å². The van der Waals surface area contributed by atoms with Gasteiger partial charge in [0.1, 0.15) is 5.60 Å². The first-order chi connectivity index (χ1) is 8.76. The molecule has 1 saturated heterocycles. The van der Waals surface area contributed by atoms with Crippen LogP contribution < -0.4 is 5.32 Å². The van der Waals surface area contributed by atoms with Gasteiger partial charge < -0.3 is 15.0 Å². The highest BCUT2D eigenvalue weighted by Gasteiger charge is 2.34. The van der Waals surface area contributed by atoms with Crippen molar-refractivity contribution in [3.8, 4) is 0 Å². The van der Waals surface area contributed by atoms with Crippen molar-refractivity contribution in [3.05, 3.63) is 0 Å². The van der Waals surface area contributed by atoms with E-state index in [1.165, 1.54) is 12.8 Å². The molecule has 0 bridgehead atoms. The molecular formula is C15H30N2O2. The fraction of sp³-hybridized carbons (Fsp3) is 0.933. The van der Waals surface area contributed by atoms with Crippen molar-refractivity contribution in [1.29, 1.82) is 0 Å². The van der Waals surface area contributed by atoms with Crippen LogP contribution in [0.2, 0.25) is 0 Å². The summed E-state index contributed by atoms with van der Waals surface area (Å²) in [4.78, 5) is 13.6. The summed E-state index contributed by atoms with van der Waals surface area (Å²) in [5.41, 5.74) is -0.404. The highest BCUT2D eigenvalue weighted by Crippen LogP contribution is 2.18. The van der Waals surface area contributed by atoms with Crippen LogP contribution in [-0.2, 0) is 4.74 Å². The Hall–Kier alpha value is -0.770. The molecule has 1 atom stereocenters. The number of ether oxygens (including phenoxy) is 1. The molecule has 112 valence electrons. The first-order valence-electron chi connectivity index (χ1n) is 7.50. The Morgan fingerprint density at radius 1 is 1.32 bits per heavy atom. The molecule has 1 amide bonds. The molecular weight excluding hydrogens is 240 g/mol. The first kappa shape index (κ1) is 16.3. The zero-order chi connectivity index (χ0) is 14.6. The Labute approximate surface area is 117 Å². The molecule has 0 spiro atoms. The highest BCUT2D eigenvalue weighted by molar-refractivity contribution is 5.69. The number of nitrogens with one attached hydrogen (secondary N) is 1. The highest BCUT2D eigenvalue weighted by atomic mass is 16.6. The third-order valence-electron chi connectivity index (χ3n) is 3.79. The summed E-state index contributed by atoms with van der Waals surface area (Å²) in [7, 11) is 0. The van der Waals surface area contributed by atoms with Crippen LogP contribution in [0.5, 0.6) is 0 Å². The number of amides is 1. The molecule has 1 N–H and O–H groups in total. The van der Waals surface area contributed by atoms with E-state index in [1.54, 1.807) is 4.90 Å². The molecule has 0 saturated carbocycles. The minimum absolute atomic E-state index is 0.194. The van der Waals surface area contributed by atoms with Crippen molar-refractivity contribution >= 4 is 6.09 Å². The van der Waals surface area contributed by atoms with Crippen LogP contribution in [0.3, 0.4) is 0 Å². The number of nitrogens with zero attached hydrogens (tertiary/aromatic N) is 1. The van der Waals surface area contributed by atoms with Gasteiger partial charge in [0.15, 0.2) is 0 Å². The lowest BCUT2D eigenvalue weighted by molar-refractivity contribution is 0.00352. The van der Waals surface area contributed by atoms with E-state index in [2.05, 4.69) is 26.1 Å². The monoisotopic (exact) mass is 270 g/mol. The van der Waals surface area contributed by atoms with Crippen molar-refractivity contribution in [1.82, 2.24) is 10.2 Å². The fourth-order valence-electron chi connectivity index (χ4n) is 2.56. The van der Waals surface area contributed by atoms with Crippen LogP contribution in [0.15, 0.2) is 0 Å². The molecule has 0 aliphatic carbocycles. The minimum Gasteiger partial charge on any atom is -0.444 e. The van der Waals surface area contributed by atoms with Crippen molar-refractivity contribution in [2.75, 3.05) is 13.1 Å². The maximum Gasteiger partial charge on any atom is 0.410 e. The molecule has 4 heteroatoms. The third kappa shape index (κ3) is 5.01. The summed E-state index contributed by atoms with van der Waals surface area (Å²) in [5.74, 6) is 0.718. The Bertz CT molecular complexity index is 289. The van der Waals surface area contributed by atoms with E-state index in [0.717, 1.165) is 19.0 Å². The third-order valence-corrected chi connectivity index (χ3v) is 3.79. The summed E-state index contributed by atoms with van der Waals surface area (Å²) >= 11 is 0. The van der Waals surface area contributed by atoms with E-state index < -0.39 is 5.60 Å². The maximum atomic E-state index is 11.8. The zero-order valence-corrected chi connectivity index (χ0v) is 13.3. The lowest BCUT2D eigenvalue weighted by Gasteiger charge is -2.42. The van der Waals surface area contributed by atoms with Crippen molar-refractivity contribution in [2.24, 2.45) is 5.92 Å². The number of likely N-dealkylation sites (tertiary alicyclic amines) is 1. The molecule has 1 fully saturated rings. The summed E-state index contributed by atoms with van der Waals surface area (Å²) in [6.07, 6.45) is 2.21. The number of hydrogen-bond donors (Lipinski definition) is 1. The molecule has 1 heterocycles. The van der Waals surface area contributed by atoms with Crippen LogP contribution in [0.4, 0.5) is 4.79 Å². The van der Waals surface area contributed by atoms with Crippen molar-refractivity contribution in [3.63, 3.8) is 0 Å². The van der Waals surface area contributed by atoms with E-state index in [0.29, 0.717) is 12.1 Å². The molecule has 0 aromatic rings. The quantitative estimate of drug-likeness (QED) is 0.835. The molecule has 0 radical (unpaired) electrons. The molecule has 4 nitrogen and oxygen atoms in total. The first-order valence-corrected chi connectivity index (χ1v) is 7.50. The lowest BCUT2D eigenvalue weighted by atomic mass is 9.94. The van der Waals surface area contributed by atoms with Gasteiger partial charge in [0, 0.05) is 25.2 Å². The largest absolute Gasteiger partial charge is 0.444 e. The van der Waals surface area contributed by atoms with Crippen LogP contribution in [-0.4, -0.2) is 41.8 Å². The summed E-state index contributed by atoms with van der Waals surface area (Å²) in [5, 5.41) is 3.62. The van der Waals surface area contributed by atoms with Gasteiger partial charge in [-0.05, 0) is 33.6 Å².